The highest BCUT2D eigenvalue weighted by Crippen LogP contribution is 2.20. The van der Waals surface area contributed by atoms with Crippen LogP contribution in [0.5, 0.6) is 5.75 Å². The molecular weight excluding hydrogens is 180 g/mol. The quantitative estimate of drug-likeness (QED) is 0.691. The zero-order chi connectivity index (χ0) is 10.6. The predicted octanol–water partition coefficient (Wildman–Crippen LogP) is 2.04. The Kier molecular flexibility index (Phi) is 3.51. The lowest BCUT2D eigenvalue weighted by molar-refractivity contribution is 0.0600. The molecule has 0 heterocycles. The Morgan fingerprint density at radius 1 is 1.36 bits per heavy atom. The summed E-state index contributed by atoms with van der Waals surface area (Å²) in [6, 6.07) is 5.28. The van der Waals surface area contributed by atoms with E-state index in [0.29, 0.717) is 5.56 Å². The van der Waals surface area contributed by atoms with E-state index in [9.17, 15) is 4.79 Å². The predicted molar refractivity (Wildman–Crippen MR) is 53.7 cm³/mol. The van der Waals surface area contributed by atoms with Crippen LogP contribution in [0, 0.1) is 0 Å². The van der Waals surface area contributed by atoms with Crippen LogP contribution in [0.3, 0.4) is 0 Å². The van der Waals surface area contributed by atoms with Gasteiger partial charge in [0.25, 0.3) is 0 Å². The fourth-order valence-electron chi connectivity index (χ4n) is 1.30. The van der Waals surface area contributed by atoms with Crippen molar-refractivity contribution in [1.82, 2.24) is 0 Å². The van der Waals surface area contributed by atoms with Crippen LogP contribution >= 0.6 is 0 Å². The molecule has 76 valence electrons. The fourth-order valence-corrected chi connectivity index (χ4v) is 1.30. The van der Waals surface area contributed by atoms with Gasteiger partial charge in [-0.1, -0.05) is 6.92 Å². The van der Waals surface area contributed by atoms with Crippen LogP contribution < -0.4 is 4.74 Å². The number of benzene rings is 1. The highest BCUT2D eigenvalue weighted by Gasteiger charge is 2.08. The average molecular weight is 194 g/mol. The molecule has 3 nitrogen and oxygen atoms in total. The van der Waals surface area contributed by atoms with Gasteiger partial charge in [-0.3, -0.25) is 0 Å². The van der Waals surface area contributed by atoms with Crippen molar-refractivity contribution in [2.45, 2.75) is 13.3 Å². The second kappa shape index (κ2) is 4.65. The molecule has 3 heteroatoms. The van der Waals surface area contributed by atoms with Crippen molar-refractivity contribution in [3.63, 3.8) is 0 Å². The van der Waals surface area contributed by atoms with Crippen molar-refractivity contribution in [1.29, 1.82) is 0 Å². The van der Waals surface area contributed by atoms with Gasteiger partial charge in [0, 0.05) is 0 Å². The molecule has 0 aromatic heterocycles. The summed E-state index contributed by atoms with van der Waals surface area (Å²) in [6.45, 7) is 2.01. The van der Waals surface area contributed by atoms with Gasteiger partial charge in [-0.2, -0.15) is 0 Å². The highest BCUT2D eigenvalue weighted by molar-refractivity contribution is 5.89. The molecule has 14 heavy (non-hydrogen) atoms. The molecule has 0 bridgehead atoms. The maximum Gasteiger partial charge on any atom is 0.337 e. The van der Waals surface area contributed by atoms with Crippen molar-refractivity contribution < 1.29 is 14.3 Å². The third-order valence-corrected chi connectivity index (χ3v) is 2.08. The number of aryl methyl sites for hydroxylation is 1. The zero-order valence-electron chi connectivity index (χ0n) is 8.66. The second-order valence-corrected chi connectivity index (χ2v) is 2.87. The van der Waals surface area contributed by atoms with E-state index in [-0.39, 0.29) is 5.97 Å². The van der Waals surface area contributed by atoms with Gasteiger partial charge >= 0.3 is 5.97 Å². The van der Waals surface area contributed by atoms with Gasteiger partial charge in [0.2, 0.25) is 0 Å². The lowest BCUT2D eigenvalue weighted by atomic mass is 10.1. The summed E-state index contributed by atoms with van der Waals surface area (Å²) >= 11 is 0. The second-order valence-electron chi connectivity index (χ2n) is 2.87. The van der Waals surface area contributed by atoms with Crippen LogP contribution in [0.2, 0.25) is 0 Å². The summed E-state index contributed by atoms with van der Waals surface area (Å²) in [4.78, 5) is 11.2. The van der Waals surface area contributed by atoms with Gasteiger partial charge in [-0.25, -0.2) is 4.79 Å². The number of carbonyl (C=O) groups is 1. The Bertz CT molecular complexity index is 331. The Balaban J connectivity index is 3.07. The average Bonchev–Trinajstić information content (AvgIpc) is 2.26. The van der Waals surface area contributed by atoms with Crippen LogP contribution in [0.1, 0.15) is 22.8 Å². The molecule has 0 aliphatic heterocycles. The first kappa shape index (κ1) is 10.6. The molecular formula is C11H14O3. The normalized spacial score (nSPS) is 9.64. The SMILES string of the molecule is CCc1cc(C(=O)OC)ccc1OC. The molecule has 0 saturated heterocycles. The highest BCUT2D eigenvalue weighted by atomic mass is 16.5. The summed E-state index contributed by atoms with van der Waals surface area (Å²) in [5.41, 5.74) is 1.57. The molecule has 0 saturated carbocycles. The van der Waals surface area contributed by atoms with E-state index in [2.05, 4.69) is 4.74 Å². The van der Waals surface area contributed by atoms with E-state index in [1.54, 1.807) is 25.3 Å². The van der Waals surface area contributed by atoms with Crippen LogP contribution in [-0.4, -0.2) is 20.2 Å². The van der Waals surface area contributed by atoms with Gasteiger partial charge in [-0.05, 0) is 30.2 Å². The zero-order valence-corrected chi connectivity index (χ0v) is 8.66. The molecule has 0 radical (unpaired) electrons. The monoisotopic (exact) mass is 194 g/mol. The Labute approximate surface area is 83.6 Å². The molecule has 0 aliphatic rings. The number of ether oxygens (including phenoxy) is 2. The molecule has 0 unspecified atom stereocenters. The third kappa shape index (κ3) is 2.05. The topological polar surface area (TPSA) is 35.5 Å². The first-order valence-electron chi connectivity index (χ1n) is 4.48. The minimum Gasteiger partial charge on any atom is -0.496 e. The van der Waals surface area contributed by atoms with Crippen molar-refractivity contribution in [3.05, 3.63) is 29.3 Å². The Morgan fingerprint density at radius 3 is 2.57 bits per heavy atom. The van der Waals surface area contributed by atoms with Crippen molar-refractivity contribution in [2.75, 3.05) is 14.2 Å². The summed E-state index contributed by atoms with van der Waals surface area (Å²) < 4.78 is 9.78. The molecule has 1 aromatic carbocycles. The lowest BCUT2D eigenvalue weighted by Crippen LogP contribution is -2.02. The van der Waals surface area contributed by atoms with Crippen molar-refractivity contribution in [2.24, 2.45) is 0 Å². The lowest BCUT2D eigenvalue weighted by Gasteiger charge is -2.07. The standard InChI is InChI=1S/C11H14O3/c1-4-8-7-9(11(12)14-3)5-6-10(8)13-2/h5-7H,4H2,1-3H3. The minimum atomic E-state index is -0.317. The molecule has 0 fully saturated rings. The van der Waals surface area contributed by atoms with Crippen molar-refractivity contribution >= 4 is 5.97 Å². The minimum absolute atomic E-state index is 0.317. The van der Waals surface area contributed by atoms with Gasteiger partial charge in [-0.15, -0.1) is 0 Å². The van der Waals surface area contributed by atoms with E-state index >= 15 is 0 Å². The number of carbonyl (C=O) groups excluding carboxylic acids is 1. The van der Waals surface area contributed by atoms with E-state index < -0.39 is 0 Å². The molecule has 1 aromatic rings. The van der Waals surface area contributed by atoms with E-state index in [1.807, 2.05) is 6.92 Å². The molecule has 0 atom stereocenters. The van der Waals surface area contributed by atoms with E-state index in [1.165, 1.54) is 7.11 Å². The summed E-state index contributed by atoms with van der Waals surface area (Å²) in [5.74, 6) is 0.488. The van der Waals surface area contributed by atoms with E-state index in [0.717, 1.165) is 17.7 Å². The Hall–Kier alpha value is -1.51. The van der Waals surface area contributed by atoms with Crippen LogP contribution in [-0.2, 0) is 11.2 Å². The maximum absolute atomic E-state index is 11.2. The summed E-state index contributed by atoms with van der Waals surface area (Å²) in [6.07, 6.45) is 0.827. The molecule has 0 spiro atoms. The molecule has 0 amide bonds. The van der Waals surface area contributed by atoms with E-state index in [4.69, 9.17) is 4.74 Å². The van der Waals surface area contributed by atoms with Crippen LogP contribution in [0.4, 0.5) is 0 Å². The first-order chi connectivity index (χ1) is 6.72. The third-order valence-electron chi connectivity index (χ3n) is 2.08. The van der Waals surface area contributed by atoms with Crippen molar-refractivity contribution in [3.8, 4) is 5.75 Å². The molecule has 0 aliphatic carbocycles. The van der Waals surface area contributed by atoms with Gasteiger partial charge < -0.3 is 9.47 Å². The summed E-state index contributed by atoms with van der Waals surface area (Å²) in [7, 11) is 2.99. The van der Waals surface area contributed by atoms with Gasteiger partial charge in [0.1, 0.15) is 5.75 Å². The van der Waals surface area contributed by atoms with Gasteiger partial charge in [0.05, 0.1) is 19.8 Å². The largest absolute Gasteiger partial charge is 0.496 e. The summed E-state index contributed by atoms with van der Waals surface area (Å²) in [5, 5.41) is 0. The maximum atomic E-state index is 11.2. The smallest absolute Gasteiger partial charge is 0.337 e. The fraction of sp³-hybridized carbons (Fsp3) is 0.364. The first-order valence-corrected chi connectivity index (χ1v) is 4.48. The number of hydrogen-bond acceptors (Lipinski definition) is 3. The number of hydrogen-bond donors (Lipinski definition) is 0. The number of methoxy groups -OCH3 is 2. The molecule has 1 rings (SSSR count). The number of rotatable bonds is 3. The van der Waals surface area contributed by atoms with Crippen LogP contribution in [0.25, 0.3) is 0 Å². The number of esters is 1. The Morgan fingerprint density at radius 2 is 2.07 bits per heavy atom. The van der Waals surface area contributed by atoms with Gasteiger partial charge in [0.15, 0.2) is 0 Å². The van der Waals surface area contributed by atoms with Crippen LogP contribution in [0.15, 0.2) is 18.2 Å². The molecule has 0 N–H and O–H groups in total.